The minimum Gasteiger partial charge on any atom is -0.291 e. The summed E-state index contributed by atoms with van der Waals surface area (Å²) in [5, 5.41) is 0. The van der Waals surface area contributed by atoms with Gasteiger partial charge in [0.2, 0.25) is 0 Å². The van der Waals surface area contributed by atoms with Crippen molar-refractivity contribution in [3.8, 4) is 0 Å². The van der Waals surface area contributed by atoms with E-state index >= 15 is 0 Å². The molecular formula is C18H19BrN2O2S. The zero-order valence-corrected chi connectivity index (χ0v) is 16.3. The highest BCUT2D eigenvalue weighted by Gasteiger charge is 2.36. The van der Waals surface area contributed by atoms with Crippen LogP contribution >= 0.6 is 27.3 Å². The first-order chi connectivity index (χ1) is 11.4. The molecule has 0 saturated heterocycles. The van der Waals surface area contributed by atoms with E-state index in [0.717, 1.165) is 15.9 Å². The lowest BCUT2D eigenvalue weighted by Crippen LogP contribution is -2.38. The van der Waals surface area contributed by atoms with Crippen molar-refractivity contribution in [1.82, 2.24) is 4.90 Å². The molecule has 1 aromatic carbocycles. The highest BCUT2D eigenvalue weighted by atomic mass is 79.9. The molecule has 126 valence electrons. The number of hydrogen-bond acceptors (Lipinski definition) is 4. The molecule has 0 aliphatic carbocycles. The number of carbonyl (C=O) groups excluding carboxylic acids is 2. The second kappa shape index (κ2) is 6.78. The Hall–Kier alpha value is -1.50. The van der Waals surface area contributed by atoms with Crippen LogP contribution in [0.1, 0.15) is 40.6 Å². The molecular weight excluding hydrogens is 388 g/mol. The summed E-state index contributed by atoms with van der Waals surface area (Å²) in [4.78, 5) is 29.5. The maximum atomic E-state index is 12.4. The summed E-state index contributed by atoms with van der Waals surface area (Å²) in [6, 6.07) is 9.82. The second-order valence-corrected chi connectivity index (χ2v) is 8.90. The maximum Gasteiger partial charge on any atom is 0.300 e. The molecule has 24 heavy (non-hydrogen) atoms. The summed E-state index contributed by atoms with van der Waals surface area (Å²) in [5.41, 5.74) is 2.32. The zero-order chi connectivity index (χ0) is 17.4. The number of benzene rings is 1. The topological polar surface area (TPSA) is 40.6 Å². The Morgan fingerprint density at radius 2 is 1.96 bits per heavy atom. The number of rotatable bonds is 5. The molecule has 0 saturated carbocycles. The molecule has 2 heterocycles. The van der Waals surface area contributed by atoms with Gasteiger partial charge in [-0.3, -0.25) is 19.4 Å². The van der Waals surface area contributed by atoms with Crippen molar-refractivity contribution >= 4 is 44.6 Å². The van der Waals surface area contributed by atoms with E-state index in [-0.39, 0.29) is 0 Å². The van der Waals surface area contributed by atoms with Crippen molar-refractivity contribution in [3.05, 3.63) is 50.1 Å². The highest BCUT2D eigenvalue weighted by molar-refractivity contribution is 9.11. The molecule has 0 N–H and O–H groups in total. The fourth-order valence-electron chi connectivity index (χ4n) is 2.81. The van der Waals surface area contributed by atoms with E-state index < -0.39 is 11.7 Å². The van der Waals surface area contributed by atoms with Gasteiger partial charge in [0.1, 0.15) is 0 Å². The van der Waals surface area contributed by atoms with Crippen molar-refractivity contribution in [2.45, 2.75) is 26.3 Å². The standard InChI is InChI=1S/C18H19BrN2O2S/c1-11(2)12-4-6-15-14(8-12)17(22)18(23)21(15)10-20(3)9-13-5-7-16(19)24-13/h4-8,11H,9-10H2,1-3H3. The third kappa shape index (κ3) is 3.31. The lowest BCUT2D eigenvalue weighted by Gasteiger charge is -2.24. The van der Waals surface area contributed by atoms with Gasteiger partial charge in [0, 0.05) is 11.4 Å². The molecule has 0 fully saturated rings. The van der Waals surface area contributed by atoms with Gasteiger partial charge in [0.15, 0.2) is 0 Å². The largest absolute Gasteiger partial charge is 0.300 e. The molecule has 1 aromatic heterocycles. The Bertz CT molecular complexity index is 800. The zero-order valence-electron chi connectivity index (χ0n) is 13.9. The van der Waals surface area contributed by atoms with Crippen LogP contribution in [0.25, 0.3) is 0 Å². The summed E-state index contributed by atoms with van der Waals surface area (Å²) >= 11 is 5.13. The van der Waals surface area contributed by atoms with E-state index in [1.807, 2.05) is 36.2 Å². The highest BCUT2D eigenvalue weighted by Crippen LogP contribution is 2.32. The Balaban J connectivity index is 1.79. The number of nitrogens with zero attached hydrogens (tertiary/aromatic N) is 2. The molecule has 0 radical (unpaired) electrons. The first kappa shape index (κ1) is 17.3. The number of carbonyl (C=O) groups is 2. The van der Waals surface area contributed by atoms with Gasteiger partial charge in [0.05, 0.1) is 21.7 Å². The molecule has 0 bridgehead atoms. The van der Waals surface area contributed by atoms with E-state index in [9.17, 15) is 9.59 Å². The monoisotopic (exact) mass is 406 g/mol. The minimum atomic E-state index is -0.440. The lowest BCUT2D eigenvalue weighted by atomic mass is 9.99. The van der Waals surface area contributed by atoms with Gasteiger partial charge in [0.25, 0.3) is 5.78 Å². The van der Waals surface area contributed by atoms with Gasteiger partial charge in [-0.25, -0.2) is 0 Å². The lowest BCUT2D eigenvalue weighted by molar-refractivity contribution is -0.114. The Morgan fingerprint density at radius 3 is 2.58 bits per heavy atom. The number of fused-ring (bicyclic) bond motifs is 1. The van der Waals surface area contributed by atoms with Crippen LogP contribution in [-0.2, 0) is 11.3 Å². The molecule has 3 rings (SSSR count). The number of anilines is 1. The number of halogens is 1. The number of ketones is 1. The summed E-state index contributed by atoms with van der Waals surface area (Å²) in [5.74, 6) is -0.517. The average molecular weight is 407 g/mol. The number of Topliss-reactive ketones (excluding diaryl/α,β-unsaturated/α-hetero) is 1. The predicted octanol–water partition coefficient (Wildman–Crippen LogP) is 4.25. The van der Waals surface area contributed by atoms with Crippen LogP contribution in [0.4, 0.5) is 5.69 Å². The van der Waals surface area contributed by atoms with E-state index in [2.05, 4.69) is 35.8 Å². The van der Waals surface area contributed by atoms with Crippen molar-refractivity contribution in [2.75, 3.05) is 18.6 Å². The fraction of sp³-hybridized carbons (Fsp3) is 0.333. The van der Waals surface area contributed by atoms with Gasteiger partial charge >= 0.3 is 5.91 Å². The van der Waals surface area contributed by atoms with Crippen LogP contribution in [0.5, 0.6) is 0 Å². The van der Waals surface area contributed by atoms with Crippen LogP contribution in [0.2, 0.25) is 0 Å². The smallest absolute Gasteiger partial charge is 0.291 e. The van der Waals surface area contributed by atoms with Gasteiger partial charge in [-0.2, -0.15) is 0 Å². The Morgan fingerprint density at radius 1 is 1.21 bits per heavy atom. The van der Waals surface area contributed by atoms with Crippen molar-refractivity contribution in [2.24, 2.45) is 0 Å². The minimum absolute atomic E-state index is 0.326. The first-order valence-corrected chi connectivity index (χ1v) is 9.40. The molecule has 1 aliphatic heterocycles. The third-order valence-electron chi connectivity index (χ3n) is 4.10. The van der Waals surface area contributed by atoms with E-state index in [1.54, 1.807) is 16.2 Å². The molecule has 0 unspecified atom stereocenters. The van der Waals surface area contributed by atoms with Gasteiger partial charge in [-0.05, 0) is 58.7 Å². The van der Waals surface area contributed by atoms with Gasteiger partial charge < -0.3 is 0 Å². The molecule has 1 aliphatic rings. The van der Waals surface area contributed by atoms with E-state index in [1.165, 1.54) is 4.88 Å². The molecule has 0 spiro atoms. The van der Waals surface area contributed by atoms with Gasteiger partial charge in [-0.15, -0.1) is 11.3 Å². The normalized spacial score (nSPS) is 14.2. The van der Waals surface area contributed by atoms with Crippen molar-refractivity contribution in [3.63, 3.8) is 0 Å². The predicted molar refractivity (Wildman–Crippen MR) is 101 cm³/mol. The average Bonchev–Trinajstić information content (AvgIpc) is 3.04. The molecule has 1 amide bonds. The summed E-state index contributed by atoms with van der Waals surface area (Å²) < 4.78 is 1.09. The Labute approximate surface area is 154 Å². The maximum absolute atomic E-state index is 12.4. The number of thiophene rings is 1. The van der Waals surface area contributed by atoms with Crippen molar-refractivity contribution < 1.29 is 9.59 Å². The molecule has 0 atom stereocenters. The summed E-state index contributed by atoms with van der Waals surface area (Å²) in [6.45, 7) is 5.28. The van der Waals surface area contributed by atoms with Crippen LogP contribution in [0.3, 0.4) is 0 Å². The molecule has 4 nitrogen and oxygen atoms in total. The molecule has 6 heteroatoms. The van der Waals surface area contributed by atoms with Crippen LogP contribution in [-0.4, -0.2) is 30.3 Å². The van der Waals surface area contributed by atoms with E-state index in [0.29, 0.717) is 23.8 Å². The fourth-order valence-corrected chi connectivity index (χ4v) is 4.38. The second-order valence-electron chi connectivity index (χ2n) is 6.36. The van der Waals surface area contributed by atoms with Gasteiger partial charge in [-0.1, -0.05) is 19.9 Å². The van der Waals surface area contributed by atoms with E-state index in [4.69, 9.17) is 0 Å². The SMILES string of the molecule is CC(C)c1ccc2c(c1)C(=O)C(=O)N2CN(C)Cc1ccc(Br)s1. The Kier molecular flexibility index (Phi) is 4.90. The molecule has 2 aromatic rings. The summed E-state index contributed by atoms with van der Waals surface area (Å²) in [6.07, 6.45) is 0. The van der Waals surface area contributed by atoms with Crippen molar-refractivity contribution in [1.29, 1.82) is 0 Å². The number of hydrogen-bond donors (Lipinski definition) is 0. The number of amides is 1. The van der Waals surface area contributed by atoms with Crippen LogP contribution < -0.4 is 4.90 Å². The summed E-state index contributed by atoms with van der Waals surface area (Å²) in [7, 11) is 1.95. The van der Waals surface area contributed by atoms with Crippen LogP contribution in [0, 0.1) is 0 Å². The quantitative estimate of drug-likeness (QED) is 0.696. The first-order valence-electron chi connectivity index (χ1n) is 7.79. The third-order valence-corrected chi connectivity index (χ3v) is 5.71. The van der Waals surface area contributed by atoms with Crippen LogP contribution in [0.15, 0.2) is 34.1 Å².